The van der Waals surface area contributed by atoms with E-state index in [4.69, 9.17) is 42.1 Å². The molecule has 46 heavy (non-hydrogen) atoms. The fourth-order valence-electron chi connectivity index (χ4n) is 4.77. The molecule has 1 fully saturated rings. The number of barbiturate groups is 1. The van der Waals surface area contributed by atoms with E-state index in [-0.39, 0.29) is 34.4 Å². The lowest BCUT2D eigenvalue weighted by Crippen LogP contribution is -2.54. The minimum atomic E-state index is -0.875. The van der Waals surface area contributed by atoms with Crippen LogP contribution in [0.15, 0.2) is 84.4 Å². The van der Waals surface area contributed by atoms with Gasteiger partial charge in [-0.1, -0.05) is 65.7 Å². The van der Waals surface area contributed by atoms with Crippen LogP contribution in [0, 0.1) is 6.92 Å². The van der Waals surface area contributed by atoms with E-state index in [1.54, 1.807) is 31.2 Å². The number of nitrogens with one attached hydrogen (secondary N) is 1. The van der Waals surface area contributed by atoms with E-state index in [9.17, 15) is 14.4 Å². The minimum absolute atomic E-state index is 0.131. The van der Waals surface area contributed by atoms with Crippen molar-refractivity contribution in [2.75, 3.05) is 18.6 Å². The van der Waals surface area contributed by atoms with Crippen LogP contribution >= 0.6 is 23.2 Å². The first-order chi connectivity index (χ1) is 22.2. The Balaban J connectivity index is 1.36. The highest BCUT2D eigenvalue weighted by molar-refractivity contribution is 6.40. The van der Waals surface area contributed by atoms with Crippen LogP contribution in [-0.2, 0) is 22.8 Å². The summed E-state index contributed by atoms with van der Waals surface area (Å²) in [7, 11) is 1.45. The smallest absolute Gasteiger partial charge is 0.335 e. The molecule has 0 aliphatic carbocycles. The minimum Gasteiger partial charge on any atom is -0.493 e. The second-order valence-corrected chi connectivity index (χ2v) is 11.0. The van der Waals surface area contributed by atoms with Crippen molar-refractivity contribution in [3.8, 4) is 23.0 Å². The van der Waals surface area contributed by atoms with Gasteiger partial charge in [-0.2, -0.15) is 0 Å². The molecule has 9 nitrogen and oxygen atoms in total. The van der Waals surface area contributed by atoms with Crippen molar-refractivity contribution < 1.29 is 33.3 Å². The van der Waals surface area contributed by atoms with E-state index >= 15 is 0 Å². The molecule has 0 bridgehead atoms. The second kappa shape index (κ2) is 14.4. The molecule has 4 aromatic rings. The maximum Gasteiger partial charge on any atom is 0.335 e. The number of rotatable bonds is 11. The summed E-state index contributed by atoms with van der Waals surface area (Å²) in [4.78, 5) is 39.7. The SMILES string of the molecule is CCOc1cc(COc2c(Cl)cc(/C=C3/C(=O)NC(=O)N(c4cccc(Cl)c4C)C3=O)cc2OC)ccc1OCc1ccccc1. The lowest BCUT2D eigenvalue weighted by Gasteiger charge is -2.27. The fraction of sp³-hybridized carbons (Fsp3) is 0.171. The van der Waals surface area contributed by atoms with Crippen molar-refractivity contribution in [2.24, 2.45) is 0 Å². The number of anilines is 1. The number of halogens is 2. The van der Waals surface area contributed by atoms with Crippen LogP contribution in [0.25, 0.3) is 6.08 Å². The monoisotopic (exact) mass is 660 g/mol. The Kier molecular flexibility index (Phi) is 10.1. The summed E-state index contributed by atoms with van der Waals surface area (Å²) in [5.74, 6) is 0.0671. The highest BCUT2D eigenvalue weighted by atomic mass is 35.5. The van der Waals surface area contributed by atoms with Gasteiger partial charge in [-0.05, 0) is 78.6 Å². The molecule has 4 amide bonds. The zero-order chi connectivity index (χ0) is 32.8. The van der Waals surface area contributed by atoms with Gasteiger partial charge in [0.15, 0.2) is 23.0 Å². The molecule has 0 saturated carbocycles. The summed E-state index contributed by atoms with van der Waals surface area (Å²) in [6, 6.07) is 22.4. The van der Waals surface area contributed by atoms with Crippen LogP contribution < -0.4 is 29.2 Å². The maximum absolute atomic E-state index is 13.4. The summed E-state index contributed by atoms with van der Waals surface area (Å²) < 4.78 is 23.4. The molecule has 0 spiro atoms. The molecular weight excluding hydrogens is 631 g/mol. The zero-order valence-corrected chi connectivity index (χ0v) is 26.8. The van der Waals surface area contributed by atoms with Gasteiger partial charge in [-0.25, -0.2) is 9.69 Å². The number of carbonyl (C=O) groups excluding carboxylic acids is 3. The van der Waals surface area contributed by atoms with Crippen LogP contribution in [0.2, 0.25) is 10.0 Å². The molecule has 1 aliphatic heterocycles. The molecule has 5 rings (SSSR count). The third-order valence-corrected chi connectivity index (χ3v) is 7.76. The second-order valence-electron chi connectivity index (χ2n) is 10.2. The lowest BCUT2D eigenvalue weighted by molar-refractivity contribution is -0.122. The molecule has 1 aliphatic rings. The number of benzene rings is 4. The largest absolute Gasteiger partial charge is 0.493 e. The molecule has 0 atom stereocenters. The Hall–Kier alpha value is -4.99. The van der Waals surface area contributed by atoms with Crippen LogP contribution in [-0.4, -0.2) is 31.6 Å². The molecule has 0 aromatic heterocycles. The van der Waals surface area contributed by atoms with Crippen LogP contribution in [0.5, 0.6) is 23.0 Å². The van der Waals surface area contributed by atoms with E-state index in [2.05, 4.69) is 5.32 Å². The number of ether oxygens (including phenoxy) is 4. The molecule has 1 N–H and O–H groups in total. The van der Waals surface area contributed by atoms with Gasteiger partial charge in [0.25, 0.3) is 11.8 Å². The molecule has 1 saturated heterocycles. The van der Waals surface area contributed by atoms with Crippen molar-refractivity contribution in [1.29, 1.82) is 0 Å². The first kappa shape index (κ1) is 32.4. The number of hydrogen-bond donors (Lipinski definition) is 1. The number of urea groups is 1. The lowest BCUT2D eigenvalue weighted by atomic mass is 10.1. The first-order valence-corrected chi connectivity index (χ1v) is 15.0. The Morgan fingerprint density at radius 3 is 2.28 bits per heavy atom. The average molecular weight is 662 g/mol. The summed E-state index contributed by atoms with van der Waals surface area (Å²) in [6.45, 7) is 4.55. The van der Waals surface area contributed by atoms with Gasteiger partial charge < -0.3 is 18.9 Å². The number of methoxy groups -OCH3 is 1. The van der Waals surface area contributed by atoms with E-state index in [1.165, 1.54) is 19.3 Å². The first-order valence-electron chi connectivity index (χ1n) is 14.3. The fourth-order valence-corrected chi connectivity index (χ4v) is 5.21. The number of nitrogens with zero attached hydrogens (tertiary/aromatic N) is 1. The van der Waals surface area contributed by atoms with Gasteiger partial charge in [-0.15, -0.1) is 0 Å². The van der Waals surface area contributed by atoms with E-state index in [0.717, 1.165) is 16.0 Å². The van der Waals surface area contributed by atoms with Gasteiger partial charge in [0, 0.05) is 5.02 Å². The van der Waals surface area contributed by atoms with Gasteiger partial charge in [0.05, 0.1) is 24.4 Å². The topological polar surface area (TPSA) is 103 Å². The normalized spacial score (nSPS) is 13.9. The highest BCUT2D eigenvalue weighted by Gasteiger charge is 2.37. The average Bonchev–Trinajstić information content (AvgIpc) is 3.04. The van der Waals surface area contributed by atoms with Crippen molar-refractivity contribution >= 4 is 52.8 Å². The van der Waals surface area contributed by atoms with Crippen molar-refractivity contribution in [1.82, 2.24) is 5.32 Å². The van der Waals surface area contributed by atoms with Crippen molar-refractivity contribution in [3.63, 3.8) is 0 Å². The van der Waals surface area contributed by atoms with Crippen molar-refractivity contribution in [2.45, 2.75) is 27.1 Å². The van der Waals surface area contributed by atoms with E-state index < -0.39 is 17.8 Å². The molecule has 0 radical (unpaired) electrons. The number of imide groups is 2. The van der Waals surface area contributed by atoms with Gasteiger partial charge in [-0.3, -0.25) is 14.9 Å². The predicted octanol–water partition coefficient (Wildman–Crippen LogP) is 7.53. The van der Waals surface area contributed by atoms with Crippen LogP contribution in [0.3, 0.4) is 0 Å². The van der Waals surface area contributed by atoms with Gasteiger partial charge in [0.1, 0.15) is 18.8 Å². The molecular formula is C35H30Cl2N2O7. The molecule has 0 unspecified atom stereocenters. The summed E-state index contributed by atoms with van der Waals surface area (Å²) in [5.41, 5.74) is 2.71. The number of amides is 4. The third kappa shape index (κ3) is 7.11. The predicted molar refractivity (Wildman–Crippen MR) is 176 cm³/mol. The Bertz CT molecular complexity index is 1830. The van der Waals surface area contributed by atoms with Crippen LogP contribution in [0.1, 0.15) is 29.2 Å². The Morgan fingerprint density at radius 2 is 1.54 bits per heavy atom. The quantitative estimate of drug-likeness (QED) is 0.131. The molecule has 236 valence electrons. The Morgan fingerprint density at radius 1 is 0.783 bits per heavy atom. The van der Waals surface area contributed by atoms with E-state index in [1.807, 2.05) is 55.5 Å². The third-order valence-electron chi connectivity index (χ3n) is 7.07. The number of hydrogen-bond acceptors (Lipinski definition) is 7. The maximum atomic E-state index is 13.4. The van der Waals surface area contributed by atoms with Gasteiger partial charge >= 0.3 is 6.03 Å². The van der Waals surface area contributed by atoms with Crippen LogP contribution in [0.4, 0.5) is 10.5 Å². The van der Waals surface area contributed by atoms with Crippen molar-refractivity contribution in [3.05, 3.63) is 117 Å². The highest BCUT2D eigenvalue weighted by Crippen LogP contribution is 2.39. The summed E-state index contributed by atoms with van der Waals surface area (Å²) >= 11 is 12.8. The molecule has 4 aromatic carbocycles. The summed E-state index contributed by atoms with van der Waals surface area (Å²) in [5, 5.41) is 2.76. The summed E-state index contributed by atoms with van der Waals surface area (Å²) in [6.07, 6.45) is 1.33. The van der Waals surface area contributed by atoms with E-state index in [0.29, 0.717) is 40.9 Å². The molecule has 1 heterocycles. The standard InChI is InChI=1S/C35H30Cl2N2O7/c1-4-44-30-17-23(13-14-29(30)45-19-22-9-6-5-7-10-22)20-46-32-27(37)16-24(18-31(32)43-3)15-25-33(40)38-35(42)39(34(25)41)28-12-8-11-26(36)21(28)2/h5-18H,4,19-20H2,1-3H3,(H,38,40,42)/b25-15-. The molecule has 11 heteroatoms. The Labute approximate surface area is 276 Å². The zero-order valence-electron chi connectivity index (χ0n) is 25.3. The number of carbonyl (C=O) groups is 3. The van der Waals surface area contributed by atoms with Gasteiger partial charge in [0.2, 0.25) is 0 Å².